The fourth-order valence-electron chi connectivity index (χ4n) is 6.84. The highest BCUT2D eigenvalue weighted by Gasteiger charge is 2.28. The Labute approximate surface area is 294 Å². The van der Waals surface area contributed by atoms with Crippen LogP contribution in [0.15, 0.2) is 59.7 Å². The van der Waals surface area contributed by atoms with Crippen LogP contribution in [0.1, 0.15) is 12.8 Å². The van der Waals surface area contributed by atoms with Crippen LogP contribution in [0.3, 0.4) is 0 Å². The molecule has 256 valence electrons. The molecule has 2 saturated heterocycles. The number of anilines is 5. The molecule has 49 heavy (non-hydrogen) atoms. The van der Waals surface area contributed by atoms with Gasteiger partial charge in [0.2, 0.25) is 5.95 Å². The predicted molar refractivity (Wildman–Crippen MR) is 200 cm³/mol. The number of nitrogens with one attached hydrogen (secondary N) is 3. The Balaban J connectivity index is 1.20. The number of ether oxygens (including phenoxy) is 1. The Kier molecular flexibility index (Phi) is 9.56. The van der Waals surface area contributed by atoms with E-state index in [1.165, 1.54) is 0 Å². The molecule has 3 aromatic heterocycles. The van der Waals surface area contributed by atoms with Gasteiger partial charge in [0.05, 0.1) is 40.0 Å². The SMILES string of the molecule is COc1cc(N2CCC(N3CCNCC3)CC2)c(-c2cnn(C)c2)cc1Nc1ncc(Br)c(Nc2ccc3nccnc3c2P(C)(C)=O)n1. The quantitative estimate of drug-likeness (QED) is 0.171. The Morgan fingerprint density at radius 2 is 1.76 bits per heavy atom. The maximum Gasteiger partial charge on any atom is 0.229 e. The summed E-state index contributed by atoms with van der Waals surface area (Å²) in [7, 11) is 0.845. The van der Waals surface area contributed by atoms with Crippen LogP contribution in [-0.4, -0.2) is 100 Å². The van der Waals surface area contributed by atoms with Gasteiger partial charge in [-0.1, -0.05) is 0 Å². The molecule has 3 N–H and O–H groups in total. The number of piperidine rings is 1. The zero-order valence-corrected chi connectivity index (χ0v) is 30.6. The van der Waals surface area contributed by atoms with Crippen molar-refractivity contribution < 1.29 is 9.30 Å². The maximum absolute atomic E-state index is 13.5. The fraction of sp³-hybridized carbons (Fsp3) is 0.382. The number of halogens is 1. The van der Waals surface area contributed by atoms with E-state index in [1.54, 1.807) is 39.0 Å². The minimum Gasteiger partial charge on any atom is -0.494 e. The van der Waals surface area contributed by atoms with Gasteiger partial charge in [0, 0.05) is 100 Å². The van der Waals surface area contributed by atoms with Gasteiger partial charge < -0.3 is 30.2 Å². The number of piperazine rings is 1. The molecular weight excluding hydrogens is 705 g/mol. The summed E-state index contributed by atoms with van der Waals surface area (Å²) in [5, 5.41) is 15.4. The van der Waals surface area contributed by atoms with Crippen molar-refractivity contribution in [2.45, 2.75) is 18.9 Å². The van der Waals surface area contributed by atoms with Gasteiger partial charge in [-0.2, -0.15) is 10.1 Å². The van der Waals surface area contributed by atoms with Crippen LogP contribution in [0, 0.1) is 0 Å². The molecule has 0 atom stereocenters. The van der Waals surface area contributed by atoms with Gasteiger partial charge in [0.25, 0.3) is 0 Å². The molecule has 2 fully saturated rings. The van der Waals surface area contributed by atoms with Gasteiger partial charge in [0.15, 0.2) is 0 Å². The second kappa shape index (κ2) is 14.0. The van der Waals surface area contributed by atoms with Crippen LogP contribution in [0.2, 0.25) is 0 Å². The summed E-state index contributed by atoms with van der Waals surface area (Å²) in [5.41, 5.74) is 5.84. The van der Waals surface area contributed by atoms with Crippen LogP contribution in [0.5, 0.6) is 5.75 Å². The Hall–Kier alpha value is -4.10. The molecule has 7 rings (SSSR count). The van der Waals surface area contributed by atoms with E-state index in [-0.39, 0.29) is 0 Å². The Morgan fingerprint density at radius 3 is 2.47 bits per heavy atom. The number of aryl methyl sites for hydroxylation is 1. The van der Waals surface area contributed by atoms with Crippen LogP contribution in [0.4, 0.5) is 28.8 Å². The maximum atomic E-state index is 13.5. The third kappa shape index (κ3) is 7.14. The molecule has 5 heterocycles. The number of benzene rings is 2. The normalized spacial score (nSPS) is 16.2. The summed E-state index contributed by atoms with van der Waals surface area (Å²) in [5.74, 6) is 1.55. The molecule has 0 radical (unpaired) electrons. The first kappa shape index (κ1) is 33.4. The molecule has 2 aromatic carbocycles. The lowest BCUT2D eigenvalue weighted by molar-refractivity contribution is 0.150. The summed E-state index contributed by atoms with van der Waals surface area (Å²) in [6.45, 7) is 9.76. The van der Waals surface area contributed by atoms with Crippen molar-refractivity contribution in [2.75, 3.05) is 75.2 Å². The van der Waals surface area contributed by atoms with Crippen molar-refractivity contribution in [3.8, 4) is 16.9 Å². The molecule has 0 amide bonds. The Bertz CT molecular complexity index is 2020. The summed E-state index contributed by atoms with van der Waals surface area (Å²) in [4.78, 5) is 23.4. The van der Waals surface area contributed by atoms with Crippen molar-refractivity contribution in [2.24, 2.45) is 7.05 Å². The number of nitrogens with zero attached hydrogens (tertiary/aromatic N) is 8. The summed E-state index contributed by atoms with van der Waals surface area (Å²) in [6.07, 6.45) is 11.1. The monoisotopic (exact) mass is 745 g/mol. The minimum absolute atomic E-state index is 0.365. The topological polar surface area (TPSA) is 138 Å². The molecule has 2 aliphatic heterocycles. The molecule has 0 unspecified atom stereocenters. The van der Waals surface area contributed by atoms with E-state index in [0.717, 1.165) is 74.6 Å². The van der Waals surface area contributed by atoms with Gasteiger partial charge in [-0.05, 0) is 60.3 Å². The second-order valence-electron chi connectivity index (χ2n) is 12.9. The van der Waals surface area contributed by atoms with Gasteiger partial charge in [-0.15, -0.1) is 0 Å². The van der Waals surface area contributed by atoms with Crippen LogP contribution < -0.4 is 30.9 Å². The lowest BCUT2D eigenvalue weighted by atomic mass is 9.98. The number of methoxy groups -OCH3 is 1. The molecular formula is C34H41BrN11O2P. The second-order valence-corrected chi connectivity index (χ2v) is 16.9. The van der Waals surface area contributed by atoms with Crippen molar-refractivity contribution in [1.82, 2.24) is 39.9 Å². The fourth-order valence-corrected chi connectivity index (χ4v) is 8.52. The van der Waals surface area contributed by atoms with Crippen LogP contribution >= 0.6 is 23.1 Å². The summed E-state index contributed by atoms with van der Waals surface area (Å²) >= 11 is 3.60. The first-order chi connectivity index (χ1) is 23.7. The average Bonchev–Trinajstić information content (AvgIpc) is 3.55. The largest absolute Gasteiger partial charge is 0.494 e. The van der Waals surface area contributed by atoms with Crippen molar-refractivity contribution in [1.29, 1.82) is 0 Å². The standard InChI is InChI=1S/C34H41BrN11O2P/c1-44-21-22(19-40-44)24-17-28(30(48-2)18-29(24)46-13-7-23(8-14-46)45-15-11-36-12-16-45)42-34-39-20-25(35)33(43-34)41-27-6-5-26-31(38-10-9-37-26)32(27)49(3,4)47/h5-6,9-10,17-21,23,36H,7-8,11-16H2,1-4H3,(H2,39,41,42,43). The molecule has 0 saturated carbocycles. The number of hydrogen-bond acceptors (Lipinski definition) is 12. The third-order valence-electron chi connectivity index (χ3n) is 9.20. The molecule has 5 aromatic rings. The van der Waals surface area contributed by atoms with E-state index in [2.05, 4.69) is 73.9 Å². The highest BCUT2D eigenvalue weighted by Crippen LogP contribution is 2.43. The highest BCUT2D eigenvalue weighted by molar-refractivity contribution is 9.10. The van der Waals surface area contributed by atoms with Crippen LogP contribution in [0.25, 0.3) is 22.2 Å². The van der Waals surface area contributed by atoms with Crippen LogP contribution in [-0.2, 0) is 11.6 Å². The molecule has 0 spiro atoms. The van der Waals surface area contributed by atoms with Gasteiger partial charge in [-0.25, -0.2) is 4.98 Å². The lowest BCUT2D eigenvalue weighted by Crippen LogP contribution is -2.52. The number of aromatic nitrogens is 6. The van der Waals surface area contributed by atoms with Crippen molar-refractivity contribution in [3.05, 3.63) is 59.7 Å². The van der Waals surface area contributed by atoms with E-state index >= 15 is 0 Å². The van der Waals surface area contributed by atoms with Crippen molar-refractivity contribution in [3.63, 3.8) is 0 Å². The lowest BCUT2D eigenvalue weighted by Gasteiger charge is -2.41. The number of fused-ring (bicyclic) bond motifs is 1. The molecule has 0 aliphatic carbocycles. The first-order valence-electron chi connectivity index (χ1n) is 16.4. The predicted octanol–water partition coefficient (Wildman–Crippen LogP) is 5.20. The smallest absolute Gasteiger partial charge is 0.229 e. The summed E-state index contributed by atoms with van der Waals surface area (Å²) < 4.78 is 21.9. The van der Waals surface area contributed by atoms with E-state index in [0.29, 0.717) is 50.1 Å². The Morgan fingerprint density at radius 1 is 0.980 bits per heavy atom. The van der Waals surface area contributed by atoms with E-state index in [1.807, 2.05) is 36.3 Å². The van der Waals surface area contributed by atoms with E-state index in [4.69, 9.17) is 9.72 Å². The highest BCUT2D eigenvalue weighted by atomic mass is 79.9. The van der Waals surface area contributed by atoms with Gasteiger partial charge >= 0.3 is 0 Å². The van der Waals surface area contributed by atoms with E-state index in [9.17, 15) is 4.57 Å². The summed E-state index contributed by atoms with van der Waals surface area (Å²) in [6, 6.07) is 8.54. The number of rotatable bonds is 9. The third-order valence-corrected chi connectivity index (χ3v) is 11.3. The molecule has 0 bridgehead atoms. The molecule has 15 heteroatoms. The van der Waals surface area contributed by atoms with Gasteiger partial charge in [-0.3, -0.25) is 19.5 Å². The van der Waals surface area contributed by atoms with Gasteiger partial charge in [0.1, 0.15) is 24.2 Å². The van der Waals surface area contributed by atoms with E-state index < -0.39 is 7.14 Å². The average molecular weight is 747 g/mol. The number of hydrogen-bond donors (Lipinski definition) is 3. The minimum atomic E-state index is -2.76. The zero-order valence-electron chi connectivity index (χ0n) is 28.1. The van der Waals surface area contributed by atoms with Crippen molar-refractivity contribution >= 4 is 68.2 Å². The zero-order chi connectivity index (χ0) is 34.1. The molecule has 2 aliphatic rings. The molecule has 13 nitrogen and oxygen atoms in total. The first-order valence-corrected chi connectivity index (χ1v) is 19.8.